The summed E-state index contributed by atoms with van der Waals surface area (Å²) in [5, 5.41) is 0. The number of allylic oxidation sites excluding steroid dienone is 1. The number of nitrogens with zero attached hydrogens (tertiary/aromatic N) is 2. The molecule has 0 aromatic carbocycles. The van der Waals surface area contributed by atoms with Crippen LogP contribution >= 0.6 is 0 Å². The number of hydrogen-bond acceptors (Lipinski definition) is 3. The lowest BCUT2D eigenvalue weighted by Crippen LogP contribution is -1.71. The molecule has 0 spiro atoms. The molecular formula is C11H8N2O. The number of pyridine rings is 1. The van der Waals surface area contributed by atoms with E-state index in [2.05, 4.69) is 9.98 Å². The number of rotatable bonds is 0. The van der Waals surface area contributed by atoms with Crippen molar-refractivity contribution in [2.45, 2.75) is 6.42 Å². The molecule has 3 rings (SSSR count). The second-order valence-electron chi connectivity index (χ2n) is 3.11. The summed E-state index contributed by atoms with van der Waals surface area (Å²) in [6.45, 7) is 0. The first-order valence-corrected chi connectivity index (χ1v) is 4.52. The van der Waals surface area contributed by atoms with Gasteiger partial charge in [0.05, 0.1) is 0 Å². The van der Waals surface area contributed by atoms with Crippen LogP contribution in [-0.2, 0) is 0 Å². The highest BCUT2D eigenvalue weighted by Crippen LogP contribution is 2.33. The van der Waals surface area contributed by atoms with Crippen LogP contribution in [0.3, 0.4) is 0 Å². The minimum Gasteiger partial charge on any atom is -0.453 e. The largest absolute Gasteiger partial charge is 0.453 e. The van der Waals surface area contributed by atoms with Gasteiger partial charge in [-0.25, -0.2) is 0 Å². The molecule has 0 unspecified atom stereocenters. The Balaban J connectivity index is 2.41. The van der Waals surface area contributed by atoms with E-state index >= 15 is 0 Å². The van der Waals surface area contributed by atoms with E-state index in [0.717, 1.165) is 29.0 Å². The average Bonchev–Trinajstić information content (AvgIpc) is 2.42. The molecule has 0 fully saturated rings. The number of hydrogen-bond donors (Lipinski definition) is 0. The van der Waals surface area contributed by atoms with Gasteiger partial charge in [-0.15, -0.1) is 0 Å². The summed E-state index contributed by atoms with van der Waals surface area (Å²) in [5.41, 5.74) is 2.47. The fraction of sp³-hybridized carbons (Fsp3) is 0.0909. The van der Waals surface area contributed by atoms with Crippen molar-refractivity contribution in [1.29, 1.82) is 0 Å². The monoisotopic (exact) mass is 184 g/mol. The zero-order valence-electron chi connectivity index (χ0n) is 7.47. The molecule has 0 bridgehead atoms. The van der Waals surface area contributed by atoms with Crippen LogP contribution in [0, 0.1) is 0 Å². The van der Waals surface area contributed by atoms with Gasteiger partial charge < -0.3 is 4.42 Å². The van der Waals surface area contributed by atoms with E-state index in [4.69, 9.17) is 4.42 Å². The maximum absolute atomic E-state index is 5.61. The van der Waals surface area contributed by atoms with Crippen molar-refractivity contribution in [3.8, 4) is 0 Å². The van der Waals surface area contributed by atoms with Crippen molar-refractivity contribution in [3.63, 3.8) is 0 Å². The zero-order valence-corrected chi connectivity index (χ0v) is 7.47. The second-order valence-corrected chi connectivity index (χ2v) is 3.11. The fourth-order valence-corrected chi connectivity index (χ4v) is 1.55. The highest BCUT2D eigenvalue weighted by molar-refractivity contribution is 5.92. The first-order chi connectivity index (χ1) is 6.95. The van der Waals surface area contributed by atoms with Gasteiger partial charge in [-0.3, -0.25) is 9.98 Å². The normalized spacial score (nSPS) is 14.3. The Kier molecular flexibility index (Phi) is 1.50. The van der Waals surface area contributed by atoms with E-state index in [9.17, 15) is 0 Å². The van der Waals surface area contributed by atoms with E-state index in [-0.39, 0.29) is 0 Å². The molecule has 0 saturated heterocycles. The minimum absolute atomic E-state index is 0.793. The molecule has 0 atom stereocenters. The smallest absolute Gasteiger partial charge is 0.155 e. The topological polar surface area (TPSA) is 38.4 Å². The fourth-order valence-electron chi connectivity index (χ4n) is 1.55. The molecule has 14 heavy (non-hydrogen) atoms. The number of aliphatic imine (C=N–C) groups is 1. The summed E-state index contributed by atoms with van der Waals surface area (Å²) >= 11 is 0. The Morgan fingerprint density at radius 1 is 1.36 bits per heavy atom. The summed E-state index contributed by atoms with van der Waals surface area (Å²) in [6.07, 6.45) is 8.44. The Morgan fingerprint density at radius 2 is 2.36 bits per heavy atom. The van der Waals surface area contributed by atoms with Crippen LogP contribution in [0.25, 0.3) is 17.2 Å². The predicted octanol–water partition coefficient (Wildman–Crippen LogP) is 2.95. The average molecular weight is 184 g/mol. The van der Waals surface area contributed by atoms with Gasteiger partial charge >= 0.3 is 0 Å². The van der Waals surface area contributed by atoms with Crippen LogP contribution in [0.1, 0.15) is 12.2 Å². The number of aromatic nitrogens is 1. The van der Waals surface area contributed by atoms with Gasteiger partial charge in [0.15, 0.2) is 11.3 Å². The molecule has 2 aromatic heterocycles. The number of furan rings is 1. The summed E-state index contributed by atoms with van der Waals surface area (Å²) in [7, 11) is 0. The highest BCUT2D eigenvalue weighted by Gasteiger charge is 2.12. The quantitative estimate of drug-likeness (QED) is 0.631. The maximum atomic E-state index is 5.61. The predicted molar refractivity (Wildman–Crippen MR) is 55.8 cm³/mol. The third kappa shape index (κ3) is 0.988. The van der Waals surface area contributed by atoms with Gasteiger partial charge in [-0.1, -0.05) is 6.08 Å². The minimum atomic E-state index is 0.793. The molecule has 2 aromatic rings. The summed E-state index contributed by atoms with van der Waals surface area (Å²) < 4.78 is 5.61. The third-order valence-corrected chi connectivity index (χ3v) is 2.18. The first kappa shape index (κ1) is 7.50. The first-order valence-electron chi connectivity index (χ1n) is 4.52. The van der Waals surface area contributed by atoms with E-state index in [0.29, 0.717) is 0 Å². The van der Waals surface area contributed by atoms with Crippen molar-refractivity contribution in [2.24, 2.45) is 4.99 Å². The standard InChI is InChI=1S/C11H8N2O/c1-2-6-12-10-8(4-1)14-9-5-3-7-13-11(9)10/h1,3-7H,2H2. The second kappa shape index (κ2) is 2.80. The van der Waals surface area contributed by atoms with Crippen LogP contribution in [0.2, 0.25) is 0 Å². The van der Waals surface area contributed by atoms with Crippen LogP contribution < -0.4 is 0 Å². The van der Waals surface area contributed by atoms with E-state index in [1.54, 1.807) is 6.20 Å². The SMILES string of the molecule is C1=Cc2oc3cccnc3c2N=CC1. The van der Waals surface area contributed by atoms with Crippen molar-refractivity contribution in [1.82, 2.24) is 4.98 Å². The van der Waals surface area contributed by atoms with E-state index < -0.39 is 0 Å². The highest BCUT2D eigenvalue weighted by atomic mass is 16.3. The van der Waals surface area contributed by atoms with E-state index in [1.165, 1.54) is 0 Å². The molecule has 0 aliphatic carbocycles. The maximum Gasteiger partial charge on any atom is 0.155 e. The van der Waals surface area contributed by atoms with Gasteiger partial charge in [0, 0.05) is 18.8 Å². The van der Waals surface area contributed by atoms with Crippen LogP contribution in [-0.4, -0.2) is 11.2 Å². The van der Waals surface area contributed by atoms with Crippen LogP contribution in [0.5, 0.6) is 0 Å². The van der Waals surface area contributed by atoms with Crippen molar-refractivity contribution in [3.05, 3.63) is 30.2 Å². The van der Waals surface area contributed by atoms with Crippen LogP contribution in [0.4, 0.5) is 5.69 Å². The molecule has 0 saturated carbocycles. The van der Waals surface area contributed by atoms with Gasteiger partial charge in [0.1, 0.15) is 11.2 Å². The molecule has 3 nitrogen and oxygen atoms in total. The molecule has 1 aliphatic heterocycles. The van der Waals surface area contributed by atoms with Gasteiger partial charge in [-0.05, 0) is 18.2 Å². The lowest BCUT2D eigenvalue weighted by molar-refractivity contribution is 0.604. The molecule has 0 amide bonds. The summed E-state index contributed by atoms with van der Waals surface area (Å²) in [4.78, 5) is 8.59. The molecule has 3 heteroatoms. The summed E-state index contributed by atoms with van der Waals surface area (Å²) in [5.74, 6) is 0.799. The molecule has 1 aliphatic rings. The van der Waals surface area contributed by atoms with Crippen LogP contribution in [0.15, 0.2) is 33.8 Å². The number of fused-ring (bicyclic) bond motifs is 3. The molecular weight excluding hydrogens is 176 g/mol. The molecule has 0 radical (unpaired) electrons. The molecule has 68 valence electrons. The lowest BCUT2D eigenvalue weighted by atomic mass is 10.3. The molecule has 0 N–H and O–H groups in total. The van der Waals surface area contributed by atoms with Gasteiger partial charge in [0.25, 0.3) is 0 Å². The third-order valence-electron chi connectivity index (χ3n) is 2.18. The zero-order chi connectivity index (χ0) is 9.38. The van der Waals surface area contributed by atoms with Crippen molar-refractivity contribution < 1.29 is 4.42 Å². The summed E-state index contributed by atoms with van der Waals surface area (Å²) in [6, 6.07) is 3.76. The Hall–Kier alpha value is -1.90. The van der Waals surface area contributed by atoms with Crippen molar-refractivity contribution in [2.75, 3.05) is 0 Å². The Labute approximate surface area is 80.8 Å². The Morgan fingerprint density at radius 3 is 3.36 bits per heavy atom. The lowest BCUT2D eigenvalue weighted by Gasteiger charge is -1.87. The van der Waals surface area contributed by atoms with Gasteiger partial charge in [0.2, 0.25) is 0 Å². The van der Waals surface area contributed by atoms with Gasteiger partial charge in [-0.2, -0.15) is 0 Å². The Bertz CT molecular complexity index is 537. The van der Waals surface area contributed by atoms with E-state index in [1.807, 2.05) is 30.5 Å². The van der Waals surface area contributed by atoms with Crippen molar-refractivity contribution >= 4 is 29.1 Å². The molecule has 3 heterocycles.